The normalized spacial score (nSPS) is 30.4. The highest BCUT2D eigenvalue weighted by molar-refractivity contribution is 8.20. The Morgan fingerprint density at radius 1 is 1.41 bits per heavy atom. The molecule has 2 heterocycles. The monoisotopic (exact) mass is 336 g/mol. The van der Waals surface area contributed by atoms with Gasteiger partial charge in [-0.25, -0.2) is 0 Å². The molecule has 6 heteroatoms. The van der Waals surface area contributed by atoms with Gasteiger partial charge in [-0.3, -0.25) is 9.48 Å². The van der Waals surface area contributed by atoms with Gasteiger partial charge in [0.2, 0.25) is 0 Å². The van der Waals surface area contributed by atoms with Crippen LogP contribution in [0.15, 0.2) is 0 Å². The van der Waals surface area contributed by atoms with Crippen LogP contribution in [0.1, 0.15) is 55.0 Å². The molecule has 2 unspecified atom stereocenters. The molecule has 0 radical (unpaired) electrons. The van der Waals surface area contributed by atoms with Crippen LogP contribution in [-0.2, 0) is 20.2 Å². The standard InChI is InChI=1S/C16H20N2O2S2/c1-2-20-12(19)8-18-15-13(14(17-18)9-3-4-9)10-7-11(10)16(15)21-5-6-22-16/h9-11H,2-8H2,1H3. The van der Waals surface area contributed by atoms with Gasteiger partial charge in [-0.15, -0.1) is 23.5 Å². The Morgan fingerprint density at radius 2 is 2.18 bits per heavy atom. The van der Waals surface area contributed by atoms with Crippen LogP contribution in [0.4, 0.5) is 0 Å². The van der Waals surface area contributed by atoms with Crippen molar-refractivity contribution in [1.29, 1.82) is 0 Å². The van der Waals surface area contributed by atoms with E-state index in [1.54, 1.807) is 0 Å². The maximum absolute atomic E-state index is 12.0. The van der Waals surface area contributed by atoms with E-state index < -0.39 is 0 Å². The topological polar surface area (TPSA) is 44.1 Å². The van der Waals surface area contributed by atoms with Crippen LogP contribution in [-0.4, -0.2) is 33.9 Å². The summed E-state index contributed by atoms with van der Waals surface area (Å²) in [6.45, 7) is 2.59. The van der Waals surface area contributed by atoms with Gasteiger partial charge in [-0.1, -0.05) is 0 Å². The van der Waals surface area contributed by atoms with E-state index in [2.05, 4.69) is 23.5 Å². The molecule has 22 heavy (non-hydrogen) atoms. The van der Waals surface area contributed by atoms with E-state index in [0.717, 1.165) is 11.8 Å². The van der Waals surface area contributed by atoms with E-state index in [9.17, 15) is 4.79 Å². The molecule has 3 fully saturated rings. The molecule has 118 valence electrons. The van der Waals surface area contributed by atoms with Gasteiger partial charge in [0, 0.05) is 23.0 Å². The highest BCUT2D eigenvalue weighted by Crippen LogP contribution is 2.76. The maximum Gasteiger partial charge on any atom is 0.327 e. The molecule has 1 aromatic rings. The van der Waals surface area contributed by atoms with Gasteiger partial charge in [-0.05, 0) is 38.0 Å². The van der Waals surface area contributed by atoms with Crippen LogP contribution in [0.25, 0.3) is 0 Å². The Morgan fingerprint density at radius 3 is 2.86 bits per heavy atom. The molecule has 0 bridgehead atoms. The highest BCUT2D eigenvalue weighted by atomic mass is 32.2. The van der Waals surface area contributed by atoms with Gasteiger partial charge in [0.1, 0.15) is 10.6 Å². The molecule has 2 atom stereocenters. The number of thioether (sulfide) groups is 2. The van der Waals surface area contributed by atoms with Gasteiger partial charge >= 0.3 is 5.97 Å². The summed E-state index contributed by atoms with van der Waals surface area (Å²) >= 11 is 4.19. The van der Waals surface area contributed by atoms with E-state index in [-0.39, 0.29) is 16.6 Å². The Hall–Kier alpha value is -0.620. The maximum atomic E-state index is 12.0. The SMILES string of the molecule is CCOC(=O)Cn1nc(C2CC2)c2c1C1(SCCS1)C1CC21. The fourth-order valence-electron chi connectivity index (χ4n) is 4.22. The van der Waals surface area contributed by atoms with Crippen molar-refractivity contribution in [1.82, 2.24) is 9.78 Å². The van der Waals surface area contributed by atoms with E-state index in [4.69, 9.17) is 9.84 Å². The van der Waals surface area contributed by atoms with E-state index in [1.165, 1.54) is 47.7 Å². The molecule has 4 aliphatic rings. The average Bonchev–Trinajstić information content (AvgIpc) is 3.40. The molecule has 1 aromatic heterocycles. The number of carbonyl (C=O) groups is 1. The lowest BCUT2D eigenvalue weighted by Crippen LogP contribution is -2.24. The van der Waals surface area contributed by atoms with Gasteiger partial charge in [0.15, 0.2) is 0 Å². The fraction of sp³-hybridized carbons (Fsp3) is 0.750. The van der Waals surface area contributed by atoms with Gasteiger partial charge in [-0.2, -0.15) is 5.10 Å². The number of fused-ring (bicyclic) bond motifs is 5. The Kier molecular flexibility index (Phi) is 2.94. The second kappa shape index (κ2) is 4.69. The van der Waals surface area contributed by atoms with Crippen molar-refractivity contribution in [2.45, 2.75) is 48.6 Å². The Bertz CT molecular complexity index is 647. The minimum Gasteiger partial charge on any atom is -0.465 e. The van der Waals surface area contributed by atoms with Crippen LogP contribution in [0.5, 0.6) is 0 Å². The minimum absolute atomic E-state index is 0.154. The third kappa shape index (κ3) is 1.80. The second-order valence-electron chi connectivity index (χ2n) is 6.70. The molecule has 0 aromatic carbocycles. The zero-order chi connectivity index (χ0) is 14.9. The lowest BCUT2D eigenvalue weighted by molar-refractivity contribution is -0.144. The van der Waals surface area contributed by atoms with Crippen molar-refractivity contribution in [2.75, 3.05) is 18.1 Å². The predicted octanol–water partition coefficient (Wildman–Crippen LogP) is 3.07. The first-order valence-electron chi connectivity index (χ1n) is 8.29. The highest BCUT2D eigenvalue weighted by Gasteiger charge is 2.66. The number of nitrogens with zero attached hydrogens (tertiary/aromatic N) is 2. The van der Waals surface area contributed by atoms with E-state index in [1.807, 2.05) is 11.6 Å². The molecule has 2 saturated carbocycles. The molecule has 1 saturated heterocycles. The van der Waals surface area contributed by atoms with Gasteiger partial charge < -0.3 is 4.74 Å². The molecule has 4 nitrogen and oxygen atoms in total. The Balaban J connectivity index is 1.59. The minimum atomic E-state index is -0.154. The van der Waals surface area contributed by atoms with Gasteiger partial charge in [0.25, 0.3) is 0 Å². The smallest absolute Gasteiger partial charge is 0.327 e. The summed E-state index contributed by atoms with van der Waals surface area (Å²) in [6.07, 6.45) is 3.87. The summed E-state index contributed by atoms with van der Waals surface area (Å²) in [7, 11) is 0. The molecule has 3 aliphatic carbocycles. The van der Waals surface area contributed by atoms with Crippen molar-refractivity contribution >= 4 is 29.5 Å². The quantitative estimate of drug-likeness (QED) is 0.791. The van der Waals surface area contributed by atoms with Crippen LogP contribution < -0.4 is 0 Å². The van der Waals surface area contributed by atoms with E-state index >= 15 is 0 Å². The lowest BCUT2D eigenvalue weighted by Gasteiger charge is -2.25. The zero-order valence-corrected chi connectivity index (χ0v) is 14.3. The zero-order valence-electron chi connectivity index (χ0n) is 12.7. The number of esters is 1. The first kappa shape index (κ1) is 13.8. The van der Waals surface area contributed by atoms with Gasteiger partial charge in [0.05, 0.1) is 18.0 Å². The first-order valence-corrected chi connectivity index (χ1v) is 10.3. The van der Waals surface area contributed by atoms with Crippen molar-refractivity contribution < 1.29 is 9.53 Å². The number of carbonyl (C=O) groups excluding carboxylic acids is 1. The third-order valence-corrected chi connectivity index (χ3v) is 8.89. The van der Waals surface area contributed by atoms with Crippen LogP contribution >= 0.6 is 23.5 Å². The number of aromatic nitrogens is 2. The molecule has 1 spiro atoms. The van der Waals surface area contributed by atoms with Crippen molar-refractivity contribution in [3.05, 3.63) is 17.0 Å². The number of hydrogen-bond acceptors (Lipinski definition) is 5. The summed E-state index contributed by atoms with van der Waals surface area (Å²) in [6, 6.07) is 0. The lowest BCUT2D eigenvalue weighted by atomic mass is 10.1. The van der Waals surface area contributed by atoms with Crippen molar-refractivity contribution in [3.63, 3.8) is 0 Å². The summed E-state index contributed by atoms with van der Waals surface area (Å²) in [5.41, 5.74) is 4.21. The Labute approximate surface area is 138 Å². The number of rotatable bonds is 4. The predicted molar refractivity (Wildman–Crippen MR) is 88.3 cm³/mol. The summed E-state index contributed by atoms with van der Waals surface area (Å²) in [5, 5.41) is 4.90. The molecule has 0 amide bonds. The first-order chi connectivity index (χ1) is 10.7. The largest absolute Gasteiger partial charge is 0.465 e. The summed E-state index contributed by atoms with van der Waals surface area (Å²) < 4.78 is 7.37. The van der Waals surface area contributed by atoms with Crippen LogP contribution in [0.3, 0.4) is 0 Å². The van der Waals surface area contributed by atoms with Crippen LogP contribution in [0.2, 0.25) is 0 Å². The molecule has 0 N–H and O–H groups in total. The number of ether oxygens (including phenoxy) is 1. The second-order valence-corrected chi connectivity index (χ2v) is 9.64. The molecular weight excluding hydrogens is 316 g/mol. The van der Waals surface area contributed by atoms with Crippen molar-refractivity contribution in [2.24, 2.45) is 5.92 Å². The number of hydrogen-bond donors (Lipinski definition) is 0. The van der Waals surface area contributed by atoms with E-state index in [0.29, 0.717) is 12.5 Å². The molecule has 5 rings (SSSR count). The fourth-order valence-corrected chi connectivity index (χ4v) is 7.98. The average molecular weight is 336 g/mol. The van der Waals surface area contributed by atoms with Crippen molar-refractivity contribution in [3.8, 4) is 0 Å². The molecular formula is C16H20N2O2S2. The van der Waals surface area contributed by atoms with Crippen LogP contribution in [0, 0.1) is 5.92 Å². The summed E-state index contributed by atoms with van der Waals surface area (Å²) in [4.78, 5) is 12.0. The summed E-state index contributed by atoms with van der Waals surface area (Å²) in [5.74, 6) is 4.44. The molecule has 1 aliphatic heterocycles. The third-order valence-electron chi connectivity index (χ3n) is 5.26.